The monoisotopic (exact) mass is 705 g/mol. The molecule has 0 fully saturated rings. The van der Waals surface area contributed by atoms with Crippen molar-refractivity contribution in [3.05, 3.63) is 130 Å². The molecular formula is C35H36BrN3O6S. The predicted molar refractivity (Wildman–Crippen MR) is 180 cm³/mol. The van der Waals surface area contributed by atoms with Crippen LogP contribution in [0.25, 0.3) is 0 Å². The van der Waals surface area contributed by atoms with Gasteiger partial charge in [-0.25, -0.2) is 18.8 Å². The van der Waals surface area contributed by atoms with E-state index in [0.29, 0.717) is 42.9 Å². The average molecular weight is 707 g/mol. The SMILES string of the molecule is O=C(NNCCc1ccccc1)[C@@]1(CCS(=O)(=O)c2ccccc2)N=C(c2ccc(OCCCO)cc2)O[C@H]1c1ccc(Br)cc1. The van der Waals surface area contributed by atoms with Crippen LogP contribution >= 0.6 is 15.9 Å². The molecule has 240 valence electrons. The number of aliphatic imine (C=N–C) groups is 1. The summed E-state index contributed by atoms with van der Waals surface area (Å²) in [5, 5.41) is 9.05. The Morgan fingerprint density at radius 1 is 0.935 bits per heavy atom. The highest BCUT2D eigenvalue weighted by molar-refractivity contribution is 9.10. The van der Waals surface area contributed by atoms with Crippen molar-refractivity contribution in [3.8, 4) is 5.75 Å². The molecule has 11 heteroatoms. The molecule has 0 bridgehead atoms. The maximum atomic E-state index is 14.3. The van der Waals surface area contributed by atoms with Gasteiger partial charge in [0.1, 0.15) is 5.75 Å². The van der Waals surface area contributed by atoms with Crippen molar-refractivity contribution in [1.29, 1.82) is 0 Å². The number of ether oxygens (including phenoxy) is 2. The van der Waals surface area contributed by atoms with Gasteiger partial charge in [-0.2, -0.15) is 0 Å². The fourth-order valence-electron chi connectivity index (χ4n) is 5.15. The Morgan fingerprint density at radius 3 is 2.28 bits per heavy atom. The van der Waals surface area contributed by atoms with Gasteiger partial charge in [0, 0.05) is 36.0 Å². The highest BCUT2D eigenvalue weighted by Crippen LogP contribution is 2.43. The smallest absolute Gasteiger partial charge is 0.266 e. The molecule has 0 saturated heterocycles. The van der Waals surface area contributed by atoms with Crippen molar-refractivity contribution in [3.63, 3.8) is 0 Å². The van der Waals surface area contributed by atoms with Gasteiger partial charge in [-0.15, -0.1) is 0 Å². The van der Waals surface area contributed by atoms with Crippen LogP contribution in [0, 0.1) is 0 Å². The van der Waals surface area contributed by atoms with Crippen LogP contribution in [-0.2, 0) is 25.8 Å². The number of aliphatic hydroxyl groups excluding tert-OH is 1. The van der Waals surface area contributed by atoms with Gasteiger partial charge in [0.15, 0.2) is 21.5 Å². The molecule has 4 aromatic carbocycles. The van der Waals surface area contributed by atoms with Crippen LogP contribution in [0.4, 0.5) is 0 Å². The first-order valence-electron chi connectivity index (χ1n) is 15.0. The lowest BCUT2D eigenvalue weighted by Crippen LogP contribution is -2.53. The molecular weight excluding hydrogens is 670 g/mol. The molecule has 3 N–H and O–H groups in total. The number of aliphatic hydroxyl groups is 1. The molecule has 0 radical (unpaired) electrons. The number of halogens is 1. The number of hydrogen-bond acceptors (Lipinski definition) is 8. The van der Waals surface area contributed by atoms with Gasteiger partial charge in [0.05, 0.1) is 17.3 Å². The van der Waals surface area contributed by atoms with E-state index in [1.54, 1.807) is 54.6 Å². The van der Waals surface area contributed by atoms with Gasteiger partial charge in [0.2, 0.25) is 5.90 Å². The zero-order valence-corrected chi connectivity index (χ0v) is 27.5. The third kappa shape index (κ3) is 8.21. The van der Waals surface area contributed by atoms with Gasteiger partial charge in [-0.1, -0.05) is 76.6 Å². The Kier molecular flexibility index (Phi) is 11.2. The molecule has 1 heterocycles. The van der Waals surface area contributed by atoms with Crippen LogP contribution in [0.2, 0.25) is 0 Å². The molecule has 1 amide bonds. The van der Waals surface area contributed by atoms with Crippen LogP contribution in [0.5, 0.6) is 5.75 Å². The highest BCUT2D eigenvalue weighted by atomic mass is 79.9. The summed E-state index contributed by atoms with van der Waals surface area (Å²) in [6, 6.07) is 32.5. The molecule has 0 aliphatic carbocycles. The maximum Gasteiger partial charge on any atom is 0.266 e. The Morgan fingerprint density at radius 2 is 1.61 bits per heavy atom. The molecule has 5 rings (SSSR count). The Hall–Kier alpha value is -4.03. The van der Waals surface area contributed by atoms with E-state index in [-0.39, 0.29) is 29.6 Å². The normalized spacial score (nSPS) is 17.6. The van der Waals surface area contributed by atoms with E-state index in [1.165, 1.54) is 0 Å². The Bertz CT molecular complexity index is 1720. The van der Waals surface area contributed by atoms with E-state index in [4.69, 9.17) is 19.6 Å². The van der Waals surface area contributed by atoms with Gasteiger partial charge in [0.25, 0.3) is 5.91 Å². The highest BCUT2D eigenvalue weighted by Gasteiger charge is 2.53. The lowest BCUT2D eigenvalue weighted by atomic mass is 9.85. The third-order valence-corrected chi connectivity index (χ3v) is 9.90. The fourth-order valence-corrected chi connectivity index (χ4v) is 6.80. The summed E-state index contributed by atoms with van der Waals surface area (Å²) in [7, 11) is -3.76. The molecule has 0 spiro atoms. The quantitative estimate of drug-likeness (QED) is 0.115. The average Bonchev–Trinajstić information content (AvgIpc) is 3.48. The number of hydrazine groups is 1. The maximum absolute atomic E-state index is 14.3. The number of nitrogens with one attached hydrogen (secondary N) is 2. The predicted octanol–water partition coefficient (Wildman–Crippen LogP) is 5.19. The summed E-state index contributed by atoms with van der Waals surface area (Å²) in [5.41, 5.74) is 6.58. The largest absolute Gasteiger partial charge is 0.494 e. The van der Waals surface area contributed by atoms with Gasteiger partial charge in [-0.05, 0) is 66.1 Å². The molecule has 1 aliphatic rings. The second-order valence-corrected chi connectivity index (χ2v) is 13.9. The molecule has 0 unspecified atom stereocenters. The van der Waals surface area contributed by atoms with E-state index in [9.17, 15) is 13.2 Å². The first-order chi connectivity index (χ1) is 22.3. The van der Waals surface area contributed by atoms with Crippen LogP contribution < -0.4 is 15.6 Å². The van der Waals surface area contributed by atoms with Crippen molar-refractivity contribution in [2.45, 2.75) is 35.8 Å². The summed E-state index contributed by atoms with van der Waals surface area (Å²) in [6.45, 7) is 0.854. The van der Waals surface area contributed by atoms with Gasteiger partial charge < -0.3 is 14.6 Å². The Labute approximate surface area is 277 Å². The zero-order valence-electron chi connectivity index (χ0n) is 25.1. The summed E-state index contributed by atoms with van der Waals surface area (Å²) >= 11 is 3.47. The molecule has 4 aromatic rings. The number of hydrogen-bond donors (Lipinski definition) is 3. The fraction of sp³-hybridized carbons (Fsp3) is 0.257. The van der Waals surface area contributed by atoms with Gasteiger partial charge in [-0.3, -0.25) is 10.2 Å². The number of amides is 1. The van der Waals surface area contributed by atoms with Crippen molar-refractivity contribution in [2.75, 3.05) is 25.5 Å². The Balaban J connectivity index is 1.48. The summed E-state index contributed by atoms with van der Waals surface area (Å²) in [6.07, 6.45) is 0.126. The van der Waals surface area contributed by atoms with E-state index in [0.717, 1.165) is 10.0 Å². The van der Waals surface area contributed by atoms with E-state index in [2.05, 4.69) is 26.8 Å². The van der Waals surface area contributed by atoms with Crippen molar-refractivity contribution in [1.82, 2.24) is 10.9 Å². The molecule has 2 atom stereocenters. The number of carbonyl (C=O) groups excluding carboxylic acids is 1. The minimum Gasteiger partial charge on any atom is -0.494 e. The second kappa shape index (κ2) is 15.5. The minimum atomic E-state index is -3.76. The lowest BCUT2D eigenvalue weighted by molar-refractivity contribution is -0.130. The topological polar surface area (TPSA) is 126 Å². The number of nitrogens with zero attached hydrogens (tertiary/aromatic N) is 1. The van der Waals surface area contributed by atoms with Crippen LogP contribution in [0.3, 0.4) is 0 Å². The number of rotatable bonds is 15. The summed E-state index contributed by atoms with van der Waals surface area (Å²) in [4.78, 5) is 19.3. The van der Waals surface area contributed by atoms with Crippen molar-refractivity contribution < 1.29 is 27.8 Å². The zero-order chi connectivity index (χ0) is 32.4. The molecule has 9 nitrogen and oxygen atoms in total. The third-order valence-electron chi connectivity index (χ3n) is 7.64. The number of carbonyl (C=O) groups is 1. The number of benzene rings is 4. The molecule has 0 aromatic heterocycles. The molecule has 46 heavy (non-hydrogen) atoms. The standard InChI is InChI=1S/C35H36BrN3O6S/c36-29-16-12-27(13-17-29)32-35(21-25-46(42,43)31-10-5-2-6-11-31,34(41)39-37-22-20-26-8-3-1-4-9-26)38-33(45-32)28-14-18-30(19-15-28)44-24-7-23-40/h1-6,8-19,32,37,40H,7,20-25H2,(H,39,41)/t32-,35-/m0/s1. The molecule has 0 saturated carbocycles. The van der Waals surface area contributed by atoms with Crippen molar-refractivity contribution >= 4 is 37.6 Å². The number of sulfone groups is 1. The summed E-state index contributed by atoms with van der Waals surface area (Å²) < 4.78 is 39.9. The molecule has 1 aliphatic heterocycles. The van der Waals surface area contributed by atoms with E-state index in [1.807, 2.05) is 54.6 Å². The van der Waals surface area contributed by atoms with Crippen LogP contribution in [-0.4, -0.2) is 56.4 Å². The van der Waals surface area contributed by atoms with Crippen LogP contribution in [0.15, 0.2) is 124 Å². The first-order valence-corrected chi connectivity index (χ1v) is 17.5. The minimum absolute atomic E-state index is 0.0332. The summed E-state index contributed by atoms with van der Waals surface area (Å²) in [5.74, 6) is -0.0119. The van der Waals surface area contributed by atoms with E-state index >= 15 is 0 Å². The lowest BCUT2D eigenvalue weighted by Gasteiger charge is -2.30. The first kappa shape index (κ1) is 33.3. The van der Waals surface area contributed by atoms with E-state index < -0.39 is 27.4 Å². The van der Waals surface area contributed by atoms with Crippen molar-refractivity contribution in [2.24, 2.45) is 4.99 Å². The second-order valence-electron chi connectivity index (χ2n) is 10.8. The van der Waals surface area contributed by atoms with Gasteiger partial charge >= 0.3 is 0 Å². The van der Waals surface area contributed by atoms with Crippen LogP contribution in [0.1, 0.15) is 35.6 Å².